The minimum absolute atomic E-state index is 0.0860. The molecule has 130 valence electrons. The molecule has 0 heterocycles. The number of para-hydroxylation sites is 1. The van der Waals surface area contributed by atoms with Gasteiger partial charge in [-0.15, -0.1) is 0 Å². The van der Waals surface area contributed by atoms with Crippen molar-refractivity contribution in [1.29, 1.82) is 0 Å². The topological polar surface area (TPSA) is 93.8 Å². The second-order valence-electron chi connectivity index (χ2n) is 4.98. The fourth-order valence-electron chi connectivity index (χ4n) is 2.10. The number of nitrogens with zero attached hydrogens (tertiary/aromatic N) is 2. The molecule has 0 aliphatic carbocycles. The molecule has 1 N–H and O–H groups in total. The zero-order valence-electron chi connectivity index (χ0n) is 13.4. The summed E-state index contributed by atoms with van der Waals surface area (Å²) in [6.45, 7) is 2.46. The van der Waals surface area contributed by atoms with E-state index in [-0.39, 0.29) is 12.1 Å². The van der Waals surface area contributed by atoms with E-state index in [4.69, 9.17) is 4.74 Å². The van der Waals surface area contributed by atoms with E-state index in [0.717, 1.165) is 15.8 Å². The molecule has 0 unspecified atom stereocenters. The Morgan fingerprint density at radius 2 is 2.12 bits per heavy atom. The molecule has 0 aliphatic rings. The zero-order valence-corrected chi connectivity index (χ0v) is 15.0. The first-order valence-corrected chi connectivity index (χ1v) is 8.27. The van der Waals surface area contributed by atoms with Gasteiger partial charge < -0.3 is 4.74 Å². The molecule has 2 aromatic carbocycles. The average molecular weight is 406 g/mol. The highest BCUT2D eigenvalue weighted by Crippen LogP contribution is 2.25. The summed E-state index contributed by atoms with van der Waals surface area (Å²) in [6, 6.07) is 11.5. The van der Waals surface area contributed by atoms with Crippen LogP contribution in [0.1, 0.15) is 18.1 Å². The number of halogens is 1. The number of hydrogen-bond donors (Lipinski definition) is 1. The summed E-state index contributed by atoms with van der Waals surface area (Å²) in [4.78, 5) is 22.3. The van der Waals surface area contributed by atoms with Gasteiger partial charge >= 0.3 is 0 Å². The summed E-state index contributed by atoms with van der Waals surface area (Å²) in [6.07, 6.45) is 1.36. The first-order chi connectivity index (χ1) is 12.0. The third-order valence-electron chi connectivity index (χ3n) is 3.20. The number of carbonyl (C=O) groups is 1. The Hall–Kier alpha value is -2.74. The molecular formula is C17H16BrN3O4. The van der Waals surface area contributed by atoms with Crippen molar-refractivity contribution in [2.45, 2.75) is 13.3 Å². The maximum Gasteiger partial charge on any atom is 0.273 e. The molecule has 8 heteroatoms. The van der Waals surface area contributed by atoms with Crippen molar-refractivity contribution in [1.82, 2.24) is 5.43 Å². The van der Waals surface area contributed by atoms with Crippen molar-refractivity contribution >= 4 is 33.7 Å². The van der Waals surface area contributed by atoms with Gasteiger partial charge in [0.2, 0.25) is 5.91 Å². The Balaban J connectivity index is 1.97. The minimum Gasteiger partial charge on any atom is -0.493 e. The molecule has 0 saturated heterocycles. The van der Waals surface area contributed by atoms with Crippen LogP contribution in [0.25, 0.3) is 0 Å². The third-order valence-corrected chi connectivity index (χ3v) is 3.82. The number of benzene rings is 2. The maximum absolute atomic E-state index is 11.9. The summed E-state index contributed by atoms with van der Waals surface area (Å²) >= 11 is 3.40. The first-order valence-electron chi connectivity index (χ1n) is 7.47. The Morgan fingerprint density at radius 3 is 2.80 bits per heavy atom. The first kappa shape index (κ1) is 18.6. The molecule has 0 saturated carbocycles. The van der Waals surface area contributed by atoms with E-state index in [0.29, 0.717) is 12.2 Å². The number of carbonyl (C=O) groups excluding carboxylic acids is 1. The van der Waals surface area contributed by atoms with Gasteiger partial charge in [0, 0.05) is 11.6 Å². The molecule has 0 spiro atoms. The normalized spacial score (nSPS) is 10.6. The molecule has 0 aliphatic heterocycles. The molecule has 25 heavy (non-hydrogen) atoms. The average Bonchev–Trinajstić information content (AvgIpc) is 2.57. The quantitative estimate of drug-likeness (QED) is 0.433. The maximum atomic E-state index is 11.9. The molecule has 0 aromatic heterocycles. The number of ether oxygens (including phenoxy) is 1. The smallest absolute Gasteiger partial charge is 0.273 e. The number of hydrazone groups is 1. The van der Waals surface area contributed by atoms with Gasteiger partial charge in [0.15, 0.2) is 0 Å². The van der Waals surface area contributed by atoms with Crippen LogP contribution in [0.4, 0.5) is 5.69 Å². The molecular weight excluding hydrogens is 390 g/mol. The van der Waals surface area contributed by atoms with E-state index in [2.05, 4.69) is 26.5 Å². The Bertz CT molecular complexity index is 808. The Labute approximate surface area is 153 Å². The van der Waals surface area contributed by atoms with Crippen LogP contribution in [-0.4, -0.2) is 23.7 Å². The van der Waals surface area contributed by atoms with Crippen LogP contribution in [0.2, 0.25) is 0 Å². The fourth-order valence-corrected chi connectivity index (χ4v) is 2.61. The van der Waals surface area contributed by atoms with Gasteiger partial charge in [-0.3, -0.25) is 14.9 Å². The van der Waals surface area contributed by atoms with Gasteiger partial charge in [0.05, 0.1) is 28.6 Å². The van der Waals surface area contributed by atoms with Gasteiger partial charge in [-0.05, 0) is 46.6 Å². The van der Waals surface area contributed by atoms with Crippen LogP contribution in [-0.2, 0) is 11.2 Å². The van der Waals surface area contributed by atoms with E-state index in [9.17, 15) is 14.9 Å². The van der Waals surface area contributed by atoms with Crippen LogP contribution in [0.5, 0.6) is 5.75 Å². The highest BCUT2D eigenvalue weighted by atomic mass is 79.9. The number of nitro benzene ring substituents is 1. The molecule has 0 fully saturated rings. The lowest BCUT2D eigenvalue weighted by Crippen LogP contribution is -2.20. The monoisotopic (exact) mass is 405 g/mol. The van der Waals surface area contributed by atoms with Crippen molar-refractivity contribution < 1.29 is 14.5 Å². The third kappa shape index (κ3) is 5.39. The zero-order chi connectivity index (χ0) is 18.2. The predicted molar refractivity (Wildman–Crippen MR) is 97.8 cm³/mol. The van der Waals surface area contributed by atoms with Gasteiger partial charge in [-0.2, -0.15) is 5.10 Å². The van der Waals surface area contributed by atoms with E-state index >= 15 is 0 Å². The fraction of sp³-hybridized carbons (Fsp3) is 0.176. The van der Waals surface area contributed by atoms with Crippen LogP contribution >= 0.6 is 15.9 Å². The van der Waals surface area contributed by atoms with Crippen molar-refractivity contribution in [3.8, 4) is 5.75 Å². The van der Waals surface area contributed by atoms with Crippen molar-refractivity contribution in [2.75, 3.05) is 6.61 Å². The number of rotatable bonds is 7. The van der Waals surface area contributed by atoms with Gasteiger partial charge in [0.25, 0.3) is 5.69 Å². The molecule has 0 radical (unpaired) electrons. The second-order valence-corrected chi connectivity index (χ2v) is 5.83. The SMILES string of the molecule is CCOc1ccc(C=NNC(=O)Cc2ccccc2[N+](=O)[O-])cc1Br. The second kappa shape index (κ2) is 8.93. The lowest BCUT2D eigenvalue weighted by molar-refractivity contribution is -0.385. The molecule has 0 atom stereocenters. The number of amides is 1. The molecule has 0 bridgehead atoms. The minimum atomic E-state index is -0.511. The Morgan fingerprint density at radius 1 is 1.36 bits per heavy atom. The highest BCUT2D eigenvalue weighted by molar-refractivity contribution is 9.10. The van der Waals surface area contributed by atoms with E-state index in [1.807, 2.05) is 13.0 Å². The largest absolute Gasteiger partial charge is 0.493 e. The summed E-state index contributed by atoms with van der Waals surface area (Å²) in [7, 11) is 0. The van der Waals surface area contributed by atoms with E-state index in [1.165, 1.54) is 12.3 Å². The van der Waals surface area contributed by atoms with Gasteiger partial charge in [0.1, 0.15) is 5.75 Å². The number of hydrogen-bond acceptors (Lipinski definition) is 5. The van der Waals surface area contributed by atoms with Gasteiger partial charge in [-0.25, -0.2) is 5.43 Å². The van der Waals surface area contributed by atoms with Crippen molar-refractivity contribution in [3.63, 3.8) is 0 Å². The standard InChI is InChI=1S/C17H16BrN3O4/c1-2-25-16-8-7-12(9-14(16)18)11-19-20-17(22)10-13-5-3-4-6-15(13)21(23)24/h3-9,11H,2,10H2,1H3,(H,20,22). The van der Waals surface area contributed by atoms with E-state index in [1.54, 1.807) is 30.3 Å². The van der Waals surface area contributed by atoms with Crippen LogP contribution in [0.15, 0.2) is 52.0 Å². The Kier molecular flexibility index (Phi) is 6.64. The van der Waals surface area contributed by atoms with Crippen molar-refractivity contribution in [3.05, 3.63) is 68.2 Å². The summed E-state index contributed by atoms with van der Waals surface area (Å²) < 4.78 is 6.20. The van der Waals surface area contributed by atoms with Crippen molar-refractivity contribution in [2.24, 2.45) is 5.10 Å². The lowest BCUT2D eigenvalue weighted by atomic mass is 10.1. The molecule has 1 amide bonds. The summed E-state index contributed by atoms with van der Waals surface area (Å²) in [5, 5.41) is 14.8. The van der Waals surface area contributed by atoms with Crippen LogP contribution < -0.4 is 10.2 Å². The number of nitro groups is 1. The predicted octanol–water partition coefficient (Wildman–Crippen LogP) is 3.45. The highest BCUT2D eigenvalue weighted by Gasteiger charge is 2.14. The van der Waals surface area contributed by atoms with Crippen LogP contribution in [0.3, 0.4) is 0 Å². The van der Waals surface area contributed by atoms with Crippen LogP contribution in [0, 0.1) is 10.1 Å². The van der Waals surface area contributed by atoms with E-state index < -0.39 is 10.8 Å². The summed E-state index contributed by atoms with van der Waals surface area (Å²) in [5.74, 6) is 0.288. The molecule has 2 aromatic rings. The lowest BCUT2D eigenvalue weighted by Gasteiger charge is -2.06. The van der Waals surface area contributed by atoms with Gasteiger partial charge in [-0.1, -0.05) is 18.2 Å². The molecule has 7 nitrogen and oxygen atoms in total. The molecule has 2 rings (SSSR count). The number of nitrogens with one attached hydrogen (secondary N) is 1. The summed E-state index contributed by atoms with van der Waals surface area (Å²) in [5.41, 5.74) is 3.38.